The van der Waals surface area contributed by atoms with Gasteiger partial charge in [0.2, 0.25) is 10.0 Å². The number of nitro benzene ring substituents is 1. The molecule has 1 aliphatic rings. The van der Waals surface area contributed by atoms with E-state index in [9.17, 15) is 18.5 Å². The third-order valence-electron chi connectivity index (χ3n) is 6.29. The van der Waals surface area contributed by atoms with Gasteiger partial charge in [0, 0.05) is 49.1 Å². The van der Waals surface area contributed by atoms with Crippen molar-refractivity contribution in [2.45, 2.75) is 38.5 Å². The molecule has 1 aliphatic heterocycles. The average Bonchev–Trinajstić information content (AvgIpc) is 2.83. The van der Waals surface area contributed by atoms with Crippen molar-refractivity contribution in [2.24, 2.45) is 0 Å². The summed E-state index contributed by atoms with van der Waals surface area (Å²) in [6, 6.07) is 11.6. The number of nitrogens with zero attached hydrogens (tertiary/aromatic N) is 5. The van der Waals surface area contributed by atoms with Crippen LogP contribution in [0.5, 0.6) is 0 Å². The van der Waals surface area contributed by atoms with Crippen molar-refractivity contribution < 1.29 is 13.3 Å². The largest absolute Gasteiger partial charge is 0.354 e. The van der Waals surface area contributed by atoms with E-state index in [1.807, 2.05) is 38.1 Å². The quantitative estimate of drug-likeness (QED) is 0.328. The first-order valence-electron chi connectivity index (χ1n) is 11.6. The lowest BCUT2D eigenvalue weighted by Crippen LogP contribution is -2.49. The monoisotopic (exact) mass is 529 g/mol. The molecule has 0 N–H and O–H groups in total. The first-order chi connectivity index (χ1) is 17.0. The average molecular weight is 530 g/mol. The van der Waals surface area contributed by atoms with Gasteiger partial charge in [0.15, 0.2) is 5.82 Å². The van der Waals surface area contributed by atoms with E-state index in [-0.39, 0.29) is 28.9 Å². The van der Waals surface area contributed by atoms with Crippen LogP contribution in [0.4, 0.5) is 11.5 Å². The molecule has 0 radical (unpaired) electrons. The van der Waals surface area contributed by atoms with Crippen LogP contribution >= 0.6 is 11.6 Å². The highest BCUT2D eigenvalue weighted by Crippen LogP contribution is 2.33. The minimum absolute atomic E-state index is 0.103. The van der Waals surface area contributed by atoms with E-state index in [0.717, 1.165) is 34.3 Å². The summed E-state index contributed by atoms with van der Waals surface area (Å²) in [4.78, 5) is 22.2. The second kappa shape index (κ2) is 10.1. The van der Waals surface area contributed by atoms with Crippen LogP contribution in [0.25, 0.3) is 11.4 Å². The molecule has 0 atom stereocenters. The van der Waals surface area contributed by atoms with Crippen LogP contribution in [-0.4, -0.2) is 53.8 Å². The highest BCUT2D eigenvalue weighted by atomic mass is 35.5. The van der Waals surface area contributed by atoms with Crippen LogP contribution in [-0.2, 0) is 10.0 Å². The van der Waals surface area contributed by atoms with Crippen LogP contribution in [0.1, 0.15) is 36.6 Å². The molecular weight excluding hydrogens is 502 g/mol. The fourth-order valence-electron chi connectivity index (χ4n) is 4.40. The van der Waals surface area contributed by atoms with E-state index in [1.54, 1.807) is 0 Å². The lowest BCUT2D eigenvalue weighted by molar-refractivity contribution is -0.384. The number of hydrogen-bond acceptors (Lipinski definition) is 7. The molecule has 9 nitrogen and oxygen atoms in total. The van der Waals surface area contributed by atoms with Gasteiger partial charge in [-0.05, 0) is 31.9 Å². The van der Waals surface area contributed by atoms with E-state index in [1.165, 1.54) is 16.4 Å². The van der Waals surface area contributed by atoms with E-state index in [2.05, 4.69) is 18.7 Å². The SMILES string of the molecule is Cc1ccc(-c2nc(C)c(C(C)C)c(N3CCN(S(=O)(=O)c4ccc(Cl)c([N+](=O)[O-])c4)CC3)n2)cc1. The van der Waals surface area contributed by atoms with Crippen LogP contribution in [0.2, 0.25) is 5.02 Å². The maximum Gasteiger partial charge on any atom is 0.289 e. The normalized spacial score (nSPS) is 14.9. The number of rotatable bonds is 6. The minimum atomic E-state index is -3.92. The Morgan fingerprint density at radius 1 is 1.00 bits per heavy atom. The van der Waals surface area contributed by atoms with Gasteiger partial charge in [0.25, 0.3) is 5.69 Å². The van der Waals surface area contributed by atoms with Gasteiger partial charge >= 0.3 is 0 Å². The van der Waals surface area contributed by atoms with Gasteiger partial charge in [-0.1, -0.05) is 55.3 Å². The predicted octanol–water partition coefficient (Wildman–Crippen LogP) is 4.96. The van der Waals surface area contributed by atoms with Crippen molar-refractivity contribution in [1.29, 1.82) is 0 Å². The van der Waals surface area contributed by atoms with Crippen molar-refractivity contribution in [3.63, 3.8) is 0 Å². The third kappa shape index (κ3) is 5.07. The molecule has 1 saturated heterocycles. The molecule has 2 aromatic carbocycles. The van der Waals surface area contributed by atoms with Gasteiger partial charge in [0.1, 0.15) is 10.8 Å². The molecule has 0 saturated carbocycles. The number of piperazine rings is 1. The second-order valence-electron chi connectivity index (χ2n) is 9.15. The zero-order valence-corrected chi connectivity index (χ0v) is 22.2. The Morgan fingerprint density at radius 2 is 1.64 bits per heavy atom. The number of anilines is 1. The Labute approximate surface area is 216 Å². The molecule has 0 aliphatic carbocycles. The number of aromatic nitrogens is 2. The van der Waals surface area contributed by atoms with Crippen LogP contribution in [0.15, 0.2) is 47.4 Å². The zero-order valence-electron chi connectivity index (χ0n) is 20.6. The Bertz CT molecular complexity index is 1400. The first-order valence-corrected chi connectivity index (χ1v) is 13.5. The highest BCUT2D eigenvalue weighted by molar-refractivity contribution is 7.89. The molecule has 4 rings (SSSR count). The molecule has 0 spiro atoms. The Balaban J connectivity index is 1.62. The fourth-order valence-corrected chi connectivity index (χ4v) is 6.03. The van der Waals surface area contributed by atoms with Gasteiger partial charge in [-0.3, -0.25) is 10.1 Å². The summed E-state index contributed by atoms with van der Waals surface area (Å²) in [6.07, 6.45) is 0. The second-order valence-corrected chi connectivity index (χ2v) is 11.5. The van der Waals surface area contributed by atoms with E-state index in [4.69, 9.17) is 21.6 Å². The summed E-state index contributed by atoms with van der Waals surface area (Å²) in [6.45, 7) is 9.49. The summed E-state index contributed by atoms with van der Waals surface area (Å²) in [5.74, 6) is 1.63. The number of sulfonamides is 1. The van der Waals surface area contributed by atoms with Gasteiger partial charge in [0.05, 0.1) is 9.82 Å². The van der Waals surface area contributed by atoms with Crippen molar-refractivity contribution in [2.75, 3.05) is 31.1 Å². The molecule has 0 bridgehead atoms. The molecule has 3 aromatic rings. The number of nitro groups is 1. The maximum absolute atomic E-state index is 13.2. The van der Waals surface area contributed by atoms with Crippen LogP contribution in [0.3, 0.4) is 0 Å². The molecule has 0 amide bonds. The van der Waals surface area contributed by atoms with Gasteiger partial charge in [-0.15, -0.1) is 0 Å². The molecule has 1 aromatic heterocycles. The standard InChI is InChI=1S/C25H28ClN5O4S/c1-16(2)23-18(4)27-24(19-7-5-17(3)6-8-19)28-25(23)29-11-13-30(14-12-29)36(34,35)20-9-10-21(26)22(15-20)31(32)33/h5-10,15-16H,11-14H2,1-4H3. The molecule has 1 fully saturated rings. The number of hydrogen-bond donors (Lipinski definition) is 0. The van der Waals surface area contributed by atoms with Crippen LogP contribution < -0.4 is 4.90 Å². The lowest BCUT2D eigenvalue weighted by Gasteiger charge is -2.36. The van der Waals surface area contributed by atoms with Gasteiger partial charge in [-0.2, -0.15) is 4.31 Å². The van der Waals surface area contributed by atoms with Crippen molar-refractivity contribution in [1.82, 2.24) is 14.3 Å². The van der Waals surface area contributed by atoms with Crippen LogP contribution in [0, 0.1) is 24.0 Å². The molecular formula is C25H28ClN5O4S. The molecule has 0 unspecified atom stereocenters. The predicted molar refractivity (Wildman–Crippen MR) is 140 cm³/mol. The summed E-state index contributed by atoms with van der Waals surface area (Å²) in [5, 5.41) is 11.1. The van der Waals surface area contributed by atoms with Gasteiger partial charge < -0.3 is 4.90 Å². The highest BCUT2D eigenvalue weighted by Gasteiger charge is 2.32. The third-order valence-corrected chi connectivity index (χ3v) is 8.51. The van der Waals surface area contributed by atoms with E-state index < -0.39 is 20.6 Å². The van der Waals surface area contributed by atoms with Crippen molar-refractivity contribution in [3.8, 4) is 11.4 Å². The number of aryl methyl sites for hydroxylation is 2. The topological polar surface area (TPSA) is 110 Å². The van der Waals surface area contributed by atoms with E-state index in [0.29, 0.717) is 18.9 Å². The van der Waals surface area contributed by atoms with Gasteiger partial charge in [-0.25, -0.2) is 18.4 Å². The van der Waals surface area contributed by atoms with Crippen molar-refractivity contribution in [3.05, 3.63) is 74.4 Å². The molecule has 190 valence electrons. The van der Waals surface area contributed by atoms with Crippen molar-refractivity contribution >= 4 is 33.1 Å². The summed E-state index contributed by atoms with van der Waals surface area (Å²) in [5.41, 5.74) is 3.58. The number of benzene rings is 2. The Kier molecular flexibility index (Phi) is 7.31. The lowest BCUT2D eigenvalue weighted by atomic mass is 10.0. The minimum Gasteiger partial charge on any atom is -0.354 e. The molecule has 2 heterocycles. The smallest absolute Gasteiger partial charge is 0.289 e. The Hall–Kier alpha value is -3.08. The Morgan fingerprint density at radius 3 is 2.22 bits per heavy atom. The first kappa shape index (κ1) is 26.0. The van der Waals surface area contributed by atoms with E-state index >= 15 is 0 Å². The summed E-state index contributed by atoms with van der Waals surface area (Å²) >= 11 is 5.86. The fraction of sp³-hybridized carbons (Fsp3) is 0.360. The summed E-state index contributed by atoms with van der Waals surface area (Å²) in [7, 11) is -3.92. The number of halogens is 1. The molecule has 11 heteroatoms. The maximum atomic E-state index is 13.2. The zero-order chi connectivity index (χ0) is 26.2. The summed E-state index contributed by atoms with van der Waals surface area (Å²) < 4.78 is 27.8. The molecule has 36 heavy (non-hydrogen) atoms.